The molecule has 16 heteroatoms. The molecule has 0 aliphatic rings. The van der Waals surface area contributed by atoms with E-state index in [9.17, 15) is 4.79 Å². The smallest absolute Gasteiger partial charge is 0.822 e. The molecule has 0 heterocycles. The summed E-state index contributed by atoms with van der Waals surface area (Å²) < 4.78 is 17.1. The summed E-state index contributed by atoms with van der Waals surface area (Å²) in [6, 6.07) is 0. The Labute approximate surface area is 229 Å². The van der Waals surface area contributed by atoms with Crippen molar-refractivity contribution in [2.45, 2.75) is 13.2 Å². The molecule has 0 aromatic heterocycles. The van der Waals surface area contributed by atoms with Gasteiger partial charge in [-0.25, -0.2) is 0 Å². The van der Waals surface area contributed by atoms with Crippen molar-refractivity contribution in [3.63, 3.8) is 0 Å². The van der Waals surface area contributed by atoms with Gasteiger partial charge in [0.05, 0.1) is 0 Å². The fourth-order valence-corrected chi connectivity index (χ4v) is 0. The van der Waals surface area contributed by atoms with Crippen LogP contribution in [-0.4, -0.2) is 169 Å². The predicted octanol–water partition coefficient (Wildman–Crippen LogP) is -7.91. The van der Waals surface area contributed by atoms with Gasteiger partial charge in [0.1, 0.15) is 0 Å². The third kappa shape index (κ3) is 131. The van der Waals surface area contributed by atoms with Crippen LogP contribution in [0, 0.1) is 0 Å². The van der Waals surface area contributed by atoms with Crippen LogP contribution in [0.5, 0.6) is 0 Å². The number of Topliss-reactive ketones (excluding diaryl/α,β-unsaturated/α-hetero) is 1. The zero-order chi connectivity index (χ0) is 14.2. The molecule has 0 fully saturated rings. The zero-order valence-electron chi connectivity index (χ0n) is 9.66. The second-order valence-corrected chi connectivity index (χ2v) is 3.67. The van der Waals surface area contributed by atoms with Crippen LogP contribution in [0.25, 0.3) is 0 Å². The fourth-order valence-electron chi connectivity index (χ4n) is 0. The Bertz CT molecular complexity index is 246. The van der Waals surface area contributed by atoms with Crippen LogP contribution < -0.4 is 29.4 Å². The van der Waals surface area contributed by atoms with Crippen molar-refractivity contribution in [2.24, 2.45) is 0 Å². The topological polar surface area (TPSA) is 230 Å². The van der Waals surface area contributed by atoms with Gasteiger partial charge in [0.25, 0.3) is 0 Å². The van der Waals surface area contributed by atoms with Crippen LogP contribution in [0.2, 0.25) is 0 Å². The van der Waals surface area contributed by atoms with Gasteiger partial charge < -0.3 is 48.7 Å². The molecule has 0 saturated heterocycles. The number of carbonyl (C=O) groups is 1. The van der Waals surface area contributed by atoms with Crippen molar-refractivity contribution < 1.29 is 53.5 Å². The number of aliphatic hydroxyl groups excluding tert-OH is 1. The number of rotatable bonds is 1. The molecule has 0 aromatic rings. The molecule has 2 N–H and O–H groups in total. The third-order valence-electron chi connectivity index (χ3n) is 0.364. The monoisotopic (exact) mass is 694 g/mol. The summed E-state index contributed by atoms with van der Waals surface area (Å²) in [7, 11) is -10.8. The quantitative estimate of drug-likeness (QED) is 0.149. The minimum absolute atomic E-state index is 0. The molecule has 19 heavy (non-hydrogen) atoms. The van der Waals surface area contributed by atoms with Crippen molar-refractivity contribution in [2.75, 3.05) is 0 Å². The Morgan fingerprint density at radius 3 is 0.895 bits per heavy atom. The molecule has 0 aliphatic heterocycles. The molecular formula is C3H6Ba3O11P2. The van der Waals surface area contributed by atoms with E-state index in [4.69, 9.17) is 48.7 Å². The first kappa shape index (κ1) is 38.9. The van der Waals surface area contributed by atoms with Crippen LogP contribution in [0.3, 0.4) is 0 Å². The Morgan fingerprint density at radius 2 is 0.895 bits per heavy atom. The van der Waals surface area contributed by atoms with Gasteiger partial charge >= 0.3 is 147 Å². The number of carbonyl (C=O) groups excluding carboxylic acids is 1. The normalized spacial score (nSPS) is 9.16. The van der Waals surface area contributed by atoms with E-state index in [1.165, 1.54) is 0 Å². The summed E-state index contributed by atoms with van der Waals surface area (Å²) in [5, 5.41) is 15.7. The maximum atomic E-state index is 9.64. The SMILES string of the molecule is CC(=O)C(O)O.O=P([O-])([O-])[O-].O=P([O-])([O-])[O-].[Ba+2].[Ba+2].[Ba+2]. The van der Waals surface area contributed by atoms with Crippen molar-refractivity contribution in [3.05, 3.63) is 0 Å². The van der Waals surface area contributed by atoms with Gasteiger partial charge in [0, 0.05) is 0 Å². The molecule has 0 radical (unpaired) electrons. The number of ketones is 1. The molecule has 100 valence electrons. The Morgan fingerprint density at radius 1 is 0.842 bits per heavy atom. The molecule has 0 bridgehead atoms. The van der Waals surface area contributed by atoms with E-state index in [-0.39, 0.29) is 147 Å². The summed E-state index contributed by atoms with van der Waals surface area (Å²) in [4.78, 5) is 60.9. The van der Waals surface area contributed by atoms with Crippen molar-refractivity contribution in [1.82, 2.24) is 0 Å². The second kappa shape index (κ2) is 20.6. The molecule has 11 nitrogen and oxygen atoms in total. The van der Waals surface area contributed by atoms with Crippen molar-refractivity contribution >= 4 is 168 Å². The number of aliphatic hydroxyl groups is 2. The summed E-state index contributed by atoms with van der Waals surface area (Å²) in [6.45, 7) is 1.10. The van der Waals surface area contributed by atoms with E-state index in [1.54, 1.807) is 0 Å². The second-order valence-electron chi connectivity index (χ2n) is 1.88. The van der Waals surface area contributed by atoms with Crippen molar-refractivity contribution in [1.29, 1.82) is 0 Å². The summed E-state index contributed by atoms with van der Waals surface area (Å²) in [6.07, 6.45) is -1.79. The van der Waals surface area contributed by atoms with Gasteiger partial charge in [-0.05, 0) is 6.92 Å². The Kier molecular flexibility index (Phi) is 42.1. The van der Waals surface area contributed by atoms with E-state index in [1.807, 2.05) is 0 Å². The van der Waals surface area contributed by atoms with E-state index in [0.717, 1.165) is 6.92 Å². The number of hydrogen-bond donors (Lipinski definition) is 2. The number of phosphoric acid groups is 2. The molecule has 0 amide bonds. The molecule has 0 atom stereocenters. The largest absolute Gasteiger partial charge is 2.00 e. The van der Waals surface area contributed by atoms with E-state index >= 15 is 0 Å². The average molecular weight is 692 g/mol. The first-order valence-electron chi connectivity index (χ1n) is 2.97. The number of hydrogen-bond acceptors (Lipinski definition) is 11. The molecule has 0 aliphatic carbocycles. The fraction of sp³-hybridized carbons (Fsp3) is 0.667. The van der Waals surface area contributed by atoms with Gasteiger partial charge in [0.15, 0.2) is 5.78 Å². The zero-order valence-corrected chi connectivity index (χ0v) is 24.8. The molecular weight excluding hydrogens is 686 g/mol. The molecule has 0 aromatic carbocycles. The van der Waals surface area contributed by atoms with Crippen LogP contribution in [-0.2, 0) is 13.9 Å². The molecule has 0 saturated carbocycles. The standard InChI is InChI=1S/C3H6O3.3Ba.2H3O4P/c1-2(4)3(5)6;;;;2*1-5(2,3)4/h3,5-6H,1H3;;;;2*(H3,1,2,3,4)/q;3*+2;;/p-6. The molecule has 0 rings (SSSR count). The summed E-state index contributed by atoms with van der Waals surface area (Å²) in [5.41, 5.74) is 0. The van der Waals surface area contributed by atoms with Gasteiger partial charge in [-0.3, -0.25) is 4.79 Å². The van der Waals surface area contributed by atoms with Crippen LogP contribution in [0.4, 0.5) is 0 Å². The summed E-state index contributed by atoms with van der Waals surface area (Å²) in [5.74, 6) is -0.630. The Balaban J connectivity index is -0.0000000311. The minimum Gasteiger partial charge on any atom is -0.822 e. The van der Waals surface area contributed by atoms with Crippen LogP contribution in [0.15, 0.2) is 0 Å². The first-order chi connectivity index (χ1) is 6.64. The van der Waals surface area contributed by atoms with Gasteiger partial charge in [0.2, 0.25) is 6.29 Å². The molecule has 0 spiro atoms. The van der Waals surface area contributed by atoms with E-state index in [0.29, 0.717) is 0 Å². The summed E-state index contributed by atoms with van der Waals surface area (Å²) >= 11 is 0. The minimum atomic E-state index is -5.39. The Hall–Kier alpha value is 4.52. The van der Waals surface area contributed by atoms with Gasteiger partial charge in [-0.15, -0.1) is 0 Å². The van der Waals surface area contributed by atoms with Gasteiger partial charge in [-0.2, -0.15) is 15.6 Å². The van der Waals surface area contributed by atoms with E-state index in [2.05, 4.69) is 0 Å². The average Bonchev–Trinajstić information content (AvgIpc) is 1.77. The first-order valence-corrected chi connectivity index (χ1v) is 5.89. The maximum Gasteiger partial charge on any atom is 2.00 e. The van der Waals surface area contributed by atoms with Crippen LogP contribution in [0.1, 0.15) is 6.92 Å². The molecule has 0 unspecified atom stereocenters. The van der Waals surface area contributed by atoms with E-state index < -0.39 is 27.7 Å². The third-order valence-corrected chi connectivity index (χ3v) is 0.364. The maximum absolute atomic E-state index is 9.64. The van der Waals surface area contributed by atoms with Crippen molar-refractivity contribution in [3.8, 4) is 0 Å². The predicted molar refractivity (Wildman–Crippen MR) is 51.4 cm³/mol. The van der Waals surface area contributed by atoms with Gasteiger partial charge in [-0.1, -0.05) is 0 Å². The van der Waals surface area contributed by atoms with Crippen LogP contribution >= 0.6 is 15.6 Å².